The number of carbonyl (C=O) groups excluding carboxylic acids is 1. The lowest BCUT2D eigenvalue weighted by molar-refractivity contribution is 0.0940. The summed E-state index contributed by atoms with van der Waals surface area (Å²) in [6, 6.07) is 5.54. The predicted molar refractivity (Wildman–Crippen MR) is 124 cm³/mol. The zero-order chi connectivity index (χ0) is 23.2. The summed E-state index contributed by atoms with van der Waals surface area (Å²) < 4.78 is 5.55. The topological polar surface area (TPSA) is 144 Å². The van der Waals surface area contributed by atoms with Crippen LogP contribution in [-0.2, 0) is 11.0 Å². The average molecular weight is 449 g/mol. The normalized spacial score (nSPS) is 18.6. The van der Waals surface area contributed by atoms with Crippen LogP contribution in [0.4, 0.5) is 17.5 Å². The monoisotopic (exact) mass is 448 g/mol. The molecule has 3 aromatic rings. The SMILES string of the molecule is CCC1(c2noc(-c3cnc(Nc4ccc5c(c4)C(C)(C)NC5=O)nc3N)n2)CCNCC1. The fourth-order valence-corrected chi connectivity index (χ4v) is 4.69. The number of nitrogens with two attached hydrogens (primary N) is 1. The second-order valence-corrected chi connectivity index (χ2v) is 9.26. The number of nitrogens with zero attached hydrogens (tertiary/aromatic N) is 4. The molecule has 2 aliphatic rings. The molecule has 0 spiro atoms. The van der Waals surface area contributed by atoms with Crippen molar-refractivity contribution in [3.8, 4) is 11.5 Å². The van der Waals surface area contributed by atoms with Crippen LogP contribution in [-0.4, -0.2) is 39.1 Å². The first-order valence-electron chi connectivity index (χ1n) is 11.2. The minimum Gasteiger partial charge on any atom is -0.383 e. The fourth-order valence-electron chi connectivity index (χ4n) is 4.69. The van der Waals surface area contributed by atoms with Crippen LogP contribution in [0.1, 0.15) is 61.8 Å². The molecule has 0 atom stereocenters. The highest BCUT2D eigenvalue weighted by atomic mass is 16.5. The van der Waals surface area contributed by atoms with Gasteiger partial charge in [0.15, 0.2) is 5.82 Å². The zero-order valence-electron chi connectivity index (χ0n) is 19.0. The lowest BCUT2D eigenvalue weighted by Gasteiger charge is -2.33. The molecule has 0 radical (unpaired) electrons. The van der Waals surface area contributed by atoms with E-state index in [1.54, 1.807) is 12.3 Å². The summed E-state index contributed by atoms with van der Waals surface area (Å²) in [6.07, 6.45) is 4.47. The van der Waals surface area contributed by atoms with E-state index in [1.807, 2.05) is 26.0 Å². The molecule has 0 unspecified atom stereocenters. The number of hydrogen-bond acceptors (Lipinski definition) is 9. The number of hydrogen-bond donors (Lipinski definition) is 4. The van der Waals surface area contributed by atoms with Crippen molar-refractivity contribution in [1.82, 2.24) is 30.7 Å². The Morgan fingerprint density at radius 3 is 2.70 bits per heavy atom. The summed E-state index contributed by atoms with van der Waals surface area (Å²) >= 11 is 0. The molecular weight excluding hydrogens is 420 g/mol. The number of benzene rings is 1. The molecule has 2 aromatic heterocycles. The standard InChI is InChI=1S/C23H28N8O2/c1-4-23(7-9-25-10-8-23)20-29-19(33-31-20)15-12-26-21(28-17(15)24)27-13-5-6-14-16(11-13)22(2,3)30-18(14)32/h5-6,11-12,25H,4,7-10H2,1-3H3,(H,30,32)(H3,24,26,27,28). The minimum absolute atomic E-state index is 0.0698. The highest BCUT2D eigenvalue weighted by Crippen LogP contribution is 2.37. The highest BCUT2D eigenvalue weighted by molar-refractivity contribution is 6.00. The summed E-state index contributed by atoms with van der Waals surface area (Å²) in [5, 5.41) is 13.8. The maximum absolute atomic E-state index is 12.1. The Bertz CT molecular complexity index is 1210. The van der Waals surface area contributed by atoms with Crippen LogP contribution in [0, 0.1) is 0 Å². The Labute approximate surface area is 191 Å². The quantitative estimate of drug-likeness (QED) is 0.463. The number of nitrogens with one attached hydrogen (secondary N) is 3. The molecule has 0 bridgehead atoms. The van der Waals surface area contributed by atoms with E-state index in [2.05, 4.69) is 43.0 Å². The van der Waals surface area contributed by atoms with E-state index in [1.165, 1.54) is 0 Å². The van der Waals surface area contributed by atoms with Crippen molar-refractivity contribution >= 4 is 23.4 Å². The van der Waals surface area contributed by atoms with Gasteiger partial charge in [0.1, 0.15) is 11.4 Å². The lowest BCUT2D eigenvalue weighted by Crippen LogP contribution is -2.40. The van der Waals surface area contributed by atoms with Crippen LogP contribution < -0.4 is 21.7 Å². The van der Waals surface area contributed by atoms with Crippen molar-refractivity contribution in [2.24, 2.45) is 0 Å². The second-order valence-electron chi connectivity index (χ2n) is 9.26. The predicted octanol–water partition coefficient (Wildman–Crippen LogP) is 2.86. The molecule has 4 heterocycles. The van der Waals surface area contributed by atoms with Gasteiger partial charge in [0.05, 0.1) is 5.54 Å². The number of fused-ring (bicyclic) bond motifs is 1. The highest BCUT2D eigenvalue weighted by Gasteiger charge is 2.37. The van der Waals surface area contributed by atoms with Crippen molar-refractivity contribution in [2.75, 3.05) is 24.1 Å². The molecule has 10 heteroatoms. The molecule has 0 saturated carbocycles. The Kier molecular flexibility index (Phi) is 5.04. The minimum atomic E-state index is -0.437. The van der Waals surface area contributed by atoms with Gasteiger partial charge >= 0.3 is 0 Å². The van der Waals surface area contributed by atoms with Crippen molar-refractivity contribution in [3.63, 3.8) is 0 Å². The first-order chi connectivity index (χ1) is 15.8. The third-order valence-corrected chi connectivity index (χ3v) is 6.81. The number of piperidine rings is 1. The number of anilines is 3. The first-order valence-corrected chi connectivity index (χ1v) is 11.2. The van der Waals surface area contributed by atoms with Gasteiger partial charge < -0.3 is 26.2 Å². The summed E-state index contributed by atoms with van der Waals surface area (Å²) in [5.74, 6) is 1.56. The third kappa shape index (κ3) is 3.70. The third-order valence-electron chi connectivity index (χ3n) is 6.81. The summed E-state index contributed by atoms with van der Waals surface area (Å²) in [5.41, 5.74) is 8.57. The fraction of sp³-hybridized carbons (Fsp3) is 0.435. The van der Waals surface area contributed by atoms with Crippen LogP contribution in [0.5, 0.6) is 0 Å². The van der Waals surface area contributed by atoms with E-state index in [0.717, 1.165) is 43.6 Å². The number of amides is 1. The van der Waals surface area contributed by atoms with Gasteiger partial charge in [-0.15, -0.1) is 0 Å². The number of carbonyl (C=O) groups is 1. The number of aromatic nitrogens is 4. The molecule has 0 aliphatic carbocycles. The summed E-state index contributed by atoms with van der Waals surface area (Å²) in [4.78, 5) is 25.5. The van der Waals surface area contributed by atoms with Crippen LogP contribution in [0.3, 0.4) is 0 Å². The maximum atomic E-state index is 12.1. The van der Waals surface area contributed by atoms with Gasteiger partial charge in [-0.25, -0.2) is 4.98 Å². The molecule has 10 nitrogen and oxygen atoms in total. The molecule has 5 rings (SSSR count). The molecule has 1 fully saturated rings. The summed E-state index contributed by atoms with van der Waals surface area (Å²) in [7, 11) is 0. The zero-order valence-corrected chi connectivity index (χ0v) is 19.0. The van der Waals surface area contributed by atoms with Crippen LogP contribution in [0.2, 0.25) is 0 Å². The number of rotatable bonds is 5. The van der Waals surface area contributed by atoms with E-state index in [0.29, 0.717) is 28.8 Å². The van der Waals surface area contributed by atoms with Crippen molar-refractivity contribution in [3.05, 3.63) is 41.3 Å². The van der Waals surface area contributed by atoms with Gasteiger partial charge in [-0.1, -0.05) is 12.1 Å². The van der Waals surface area contributed by atoms with Gasteiger partial charge in [0.25, 0.3) is 11.8 Å². The van der Waals surface area contributed by atoms with Crippen molar-refractivity contribution in [2.45, 2.75) is 51.0 Å². The molecule has 1 aromatic carbocycles. The lowest BCUT2D eigenvalue weighted by atomic mass is 9.76. The summed E-state index contributed by atoms with van der Waals surface area (Å²) in [6.45, 7) is 7.97. The van der Waals surface area contributed by atoms with Gasteiger partial charge in [-0.2, -0.15) is 9.97 Å². The Morgan fingerprint density at radius 1 is 1.18 bits per heavy atom. The van der Waals surface area contributed by atoms with Gasteiger partial charge in [-0.3, -0.25) is 4.79 Å². The molecule has 1 amide bonds. The van der Waals surface area contributed by atoms with Crippen molar-refractivity contribution in [1.29, 1.82) is 0 Å². The Hall–Kier alpha value is -3.53. The van der Waals surface area contributed by atoms with E-state index in [-0.39, 0.29) is 17.1 Å². The molecule has 172 valence electrons. The maximum Gasteiger partial charge on any atom is 0.263 e. The van der Waals surface area contributed by atoms with E-state index in [4.69, 9.17) is 10.3 Å². The van der Waals surface area contributed by atoms with E-state index < -0.39 is 5.54 Å². The van der Waals surface area contributed by atoms with Crippen LogP contribution in [0.15, 0.2) is 28.9 Å². The van der Waals surface area contributed by atoms with Gasteiger partial charge in [0.2, 0.25) is 5.95 Å². The first kappa shape index (κ1) is 21.3. The van der Waals surface area contributed by atoms with Gasteiger partial charge in [-0.05, 0) is 70.0 Å². The van der Waals surface area contributed by atoms with Crippen LogP contribution >= 0.6 is 0 Å². The van der Waals surface area contributed by atoms with E-state index in [9.17, 15) is 4.79 Å². The Morgan fingerprint density at radius 2 is 1.97 bits per heavy atom. The molecule has 5 N–H and O–H groups in total. The van der Waals surface area contributed by atoms with Gasteiger partial charge in [0, 0.05) is 22.9 Å². The number of nitrogen functional groups attached to an aromatic ring is 1. The van der Waals surface area contributed by atoms with Crippen molar-refractivity contribution < 1.29 is 9.32 Å². The largest absolute Gasteiger partial charge is 0.383 e. The Balaban J connectivity index is 1.38. The smallest absolute Gasteiger partial charge is 0.263 e. The second kappa shape index (κ2) is 7.80. The van der Waals surface area contributed by atoms with E-state index >= 15 is 0 Å². The molecular formula is C23H28N8O2. The molecule has 33 heavy (non-hydrogen) atoms. The van der Waals surface area contributed by atoms with Crippen LogP contribution in [0.25, 0.3) is 11.5 Å². The average Bonchev–Trinajstić information content (AvgIpc) is 3.37. The molecule has 2 aliphatic heterocycles. The molecule has 1 saturated heterocycles.